The van der Waals surface area contributed by atoms with E-state index in [1.807, 2.05) is 6.07 Å². The molecule has 0 saturated carbocycles. The van der Waals surface area contributed by atoms with Gasteiger partial charge in [0.1, 0.15) is 11.9 Å². The fourth-order valence-electron chi connectivity index (χ4n) is 1.57. The molecular formula is C12H10FN3. The summed E-state index contributed by atoms with van der Waals surface area (Å²) < 4.78 is 15.2. The molecule has 0 bridgehead atoms. The summed E-state index contributed by atoms with van der Waals surface area (Å²) in [5, 5.41) is 12.7. The Bertz CT molecular complexity index is 578. The number of hydrogen-bond donors (Lipinski definition) is 0. The van der Waals surface area contributed by atoms with Crippen LogP contribution in [-0.4, -0.2) is 9.78 Å². The molecule has 0 saturated heterocycles. The normalized spacial score (nSPS) is 10.1. The fourth-order valence-corrected chi connectivity index (χ4v) is 1.57. The third-order valence-electron chi connectivity index (χ3n) is 2.51. The van der Waals surface area contributed by atoms with Gasteiger partial charge in [-0.3, -0.25) is 0 Å². The number of hydrogen-bond acceptors (Lipinski definition) is 2. The highest BCUT2D eigenvalue weighted by Crippen LogP contribution is 2.19. The van der Waals surface area contributed by atoms with E-state index in [0.29, 0.717) is 22.4 Å². The molecule has 16 heavy (non-hydrogen) atoms. The van der Waals surface area contributed by atoms with Gasteiger partial charge in [-0.25, -0.2) is 9.07 Å². The zero-order valence-corrected chi connectivity index (χ0v) is 9.03. The lowest BCUT2D eigenvalue weighted by Gasteiger charge is -2.08. The topological polar surface area (TPSA) is 41.6 Å². The molecule has 0 atom stereocenters. The van der Waals surface area contributed by atoms with Crippen LogP contribution in [0.1, 0.15) is 16.7 Å². The van der Waals surface area contributed by atoms with E-state index < -0.39 is 0 Å². The van der Waals surface area contributed by atoms with E-state index in [1.54, 1.807) is 32.2 Å². The van der Waals surface area contributed by atoms with Crippen LogP contribution in [0, 0.1) is 31.0 Å². The second-order valence-electron chi connectivity index (χ2n) is 3.63. The van der Waals surface area contributed by atoms with Gasteiger partial charge in [-0.05, 0) is 25.5 Å². The zero-order valence-electron chi connectivity index (χ0n) is 9.03. The smallest absolute Gasteiger partial charge is 0.131 e. The van der Waals surface area contributed by atoms with Gasteiger partial charge in [0.15, 0.2) is 0 Å². The number of nitriles is 1. The Morgan fingerprint density at radius 2 is 2.12 bits per heavy atom. The van der Waals surface area contributed by atoms with Crippen molar-refractivity contribution in [1.29, 1.82) is 5.26 Å². The van der Waals surface area contributed by atoms with Gasteiger partial charge in [0, 0.05) is 11.8 Å². The van der Waals surface area contributed by atoms with Crippen molar-refractivity contribution in [2.24, 2.45) is 0 Å². The van der Waals surface area contributed by atoms with E-state index in [9.17, 15) is 4.39 Å². The molecular weight excluding hydrogens is 205 g/mol. The highest BCUT2D eigenvalue weighted by Gasteiger charge is 2.09. The molecule has 0 spiro atoms. The van der Waals surface area contributed by atoms with Crippen molar-refractivity contribution in [3.8, 4) is 11.8 Å². The Morgan fingerprint density at radius 1 is 1.38 bits per heavy atom. The minimum Gasteiger partial charge on any atom is -0.239 e. The maximum Gasteiger partial charge on any atom is 0.131 e. The van der Waals surface area contributed by atoms with Crippen LogP contribution in [-0.2, 0) is 0 Å². The van der Waals surface area contributed by atoms with Crippen LogP contribution in [0.2, 0.25) is 0 Å². The Hall–Kier alpha value is -2.15. The largest absolute Gasteiger partial charge is 0.239 e. The predicted octanol–water partition coefficient (Wildman–Crippen LogP) is 2.50. The van der Waals surface area contributed by atoms with Crippen molar-refractivity contribution in [2.45, 2.75) is 13.8 Å². The monoisotopic (exact) mass is 215 g/mol. The Balaban J connectivity index is 2.57. The molecule has 1 aromatic carbocycles. The van der Waals surface area contributed by atoms with Gasteiger partial charge >= 0.3 is 0 Å². The van der Waals surface area contributed by atoms with E-state index in [-0.39, 0.29) is 5.82 Å². The molecule has 4 heteroatoms. The molecule has 1 aromatic heterocycles. The summed E-state index contributed by atoms with van der Waals surface area (Å²) >= 11 is 0. The summed E-state index contributed by atoms with van der Waals surface area (Å²) in [6.07, 6.45) is 3.04. The first-order chi connectivity index (χ1) is 7.63. The molecule has 0 aliphatic heterocycles. The molecule has 0 amide bonds. The molecule has 2 rings (SSSR count). The minimum atomic E-state index is -0.230. The van der Waals surface area contributed by atoms with Gasteiger partial charge in [0.2, 0.25) is 0 Å². The molecule has 0 radical (unpaired) electrons. The summed E-state index contributed by atoms with van der Waals surface area (Å²) in [6.45, 7) is 3.42. The molecule has 0 aliphatic carbocycles. The number of aromatic nitrogens is 2. The van der Waals surface area contributed by atoms with Crippen molar-refractivity contribution in [1.82, 2.24) is 9.78 Å². The van der Waals surface area contributed by atoms with Crippen LogP contribution in [0.3, 0.4) is 0 Å². The summed E-state index contributed by atoms with van der Waals surface area (Å²) in [4.78, 5) is 0. The van der Waals surface area contributed by atoms with E-state index in [2.05, 4.69) is 5.10 Å². The van der Waals surface area contributed by atoms with Gasteiger partial charge in [-0.1, -0.05) is 6.07 Å². The maximum absolute atomic E-state index is 13.7. The minimum absolute atomic E-state index is 0.230. The Morgan fingerprint density at radius 3 is 2.75 bits per heavy atom. The lowest BCUT2D eigenvalue weighted by molar-refractivity contribution is 0.606. The Labute approximate surface area is 92.7 Å². The molecule has 0 N–H and O–H groups in total. The van der Waals surface area contributed by atoms with Crippen molar-refractivity contribution >= 4 is 0 Å². The van der Waals surface area contributed by atoms with E-state index in [4.69, 9.17) is 5.26 Å². The number of aryl methyl sites for hydroxylation is 1. The third kappa shape index (κ3) is 1.57. The lowest BCUT2D eigenvalue weighted by atomic mass is 10.1. The first-order valence-corrected chi connectivity index (χ1v) is 4.84. The molecule has 2 aromatic rings. The highest BCUT2D eigenvalue weighted by molar-refractivity contribution is 5.44. The second-order valence-corrected chi connectivity index (χ2v) is 3.63. The van der Waals surface area contributed by atoms with Crippen LogP contribution in [0.5, 0.6) is 0 Å². The molecule has 0 unspecified atom stereocenters. The Kier molecular flexibility index (Phi) is 2.45. The maximum atomic E-state index is 13.7. The van der Waals surface area contributed by atoms with Gasteiger partial charge in [-0.2, -0.15) is 10.4 Å². The number of rotatable bonds is 1. The molecule has 0 aliphatic rings. The fraction of sp³-hybridized carbons (Fsp3) is 0.167. The average molecular weight is 215 g/mol. The van der Waals surface area contributed by atoms with Crippen LogP contribution >= 0.6 is 0 Å². The quantitative estimate of drug-likeness (QED) is 0.733. The SMILES string of the molecule is Cc1ccc(-n2cc(C#N)cn2)c(C)c1F. The van der Waals surface area contributed by atoms with Gasteiger partial charge < -0.3 is 0 Å². The van der Waals surface area contributed by atoms with E-state index >= 15 is 0 Å². The summed E-state index contributed by atoms with van der Waals surface area (Å²) in [6, 6.07) is 5.48. The second kappa shape index (κ2) is 3.78. The predicted molar refractivity (Wildman–Crippen MR) is 57.7 cm³/mol. The van der Waals surface area contributed by atoms with Crippen LogP contribution in [0.25, 0.3) is 5.69 Å². The molecule has 0 fully saturated rings. The summed E-state index contributed by atoms with van der Waals surface area (Å²) in [7, 11) is 0. The molecule has 80 valence electrons. The van der Waals surface area contributed by atoms with Crippen molar-refractivity contribution in [2.75, 3.05) is 0 Å². The number of nitrogens with zero attached hydrogens (tertiary/aromatic N) is 3. The summed E-state index contributed by atoms with van der Waals surface area (Å²) in [5.74, 6) is -0.230. The van der Waals surface area contributed by atoms with Crippen molar-refractivity contribution < 1.29 is 4.39 Å². The van der Waals surface area contributed by atoms with Crippen LogP contribution < -0.4 is 0 Å². The van der Waals surface area contributed by atoms with Crippen LogP contribution in [0.4, 0.5) is 4.39 Å². The van der Waals surface area contributed by atoms with Crippen LogP contribution in [0.15, 0.2) is 24.5 Å². The van der Waals surface area contributed by atoms with E-state index in [0.717, 1.165) is 0 Å². The van der Waals surface area contributed by atoms with Gasteiger partial charge in [0.25, 0.3) is 0 Å². The number of halogens is 1. The van der Waals surface area contributed by atoms with Gasteiger partial charge in [0.05, 0.1) is 17.4 Å². The third-order valence-corrected chi connectivity index (χ3v) is 2.51. The van der Waals surface area contributed by atoms with Crippen molar-refractivity contribution in [3.63, 3.8) is 0 Å². The standard InChI is InChI=1S/C12H10FN3/c1-8-3-4-11(9(2)12(8)13)16-7-10(5-14)6-15-16/h3-4,6-7H,1-2H3. The average Bonchev–Trinajstić information content (AvgIpc) is 2.74. The van der Waals surface area contributed by atoms with Crippen molar-refractivity contribution in [3.05, 3.63) is 47.0 Å². The first kappa shape index (κ1) is 10.4. The zero-order chi connectivity index (χ0) is 11.7. The van der Waals surface area contributed by atoms with E-state index in [1.165, 1.54) is 10.9 Å². The summed E-state index contributed by atoms with van der Waals surface area (Å²) in [5.41, 5.74) is 2.26. The molecule has 1 heterocycles. The number of benzene rings is 1. The lowest BCUT2D eigenvalue weighted by Crippen LogP contribution is -2.00. The first-order valence-electron chi connectivity index (χ1n) is 4.84. The molecule has 3 nitrogen and oxygen atoms in total. The highest BCUT2D eigenvalue weighted by atomic mass is 19.1. The van der Waals surface area contributed by atoms with Gasteiger partial charge in [-0.15, -0.1) is 0 Å².